The second-order valence-electron chi connectivity index (χ2n) is 5.04. The quantitative estimate of drug-likeness (QED) is 0.479. The highest BCUT2D eigenvalue weighted by Gasteiger charge is 2.53. The predicted molar refractivity (Wildman–Crippen MR) is 66.3 cm³/mol. The van der Waals surface area contributed by atoms with Gasteiger partial charge in [0.15, 0.2) is 0 Å². The first-order valence-corrected chi connectivity index (χ1v) is 7.92. The molecule has 1 aromatic rings. The van der Waals surface area contributed by atoms with E-state index in [4.69, 9.17) is 0 Å². The monoisotopic (exact) mass is 269 g/mol. The molecule has 0 spiro atoms. The molecule has 18 heavy (non-hydrogen) atoms. The fourth-order valence-electron chi connectivity index (χ4n) is 2.53. The highest BCUT2D eigenvalue weighted by atomic mass is 31.2. The summed E-state index contributed by atoms with van der Waals surface area (Å²) in [5, 5.41) is 10.9. The van der Waals surface area contributed by atoms with Gasteiger partial charge in [-0.25, -0.2) is 0 Å². The van der Waals surface area contributed by atoms with Gasteiger partial charge in [-0.3, -0.25) is 10.1 Å². The Morgan fingerprint density at radius 2 is 1.78 bits per heavy atom. The zero-order valence-electron chi connectivity index (χ0n) is 9.71. The van der Waals surface area contributed by atoms with Crippen molar-refractivity contribution in [2.45, 2.75) is 37.0 Å². The van der Waals surface area contributed by atoms with Gasteiger partial charge in [0.1, 0.15) is 7.14 Å². The van der Waals surface area contributed by atoms with Crippen LogP contribution in [0, 0.1) is 15.9 Å². The summed E-state index contributed by atoms with van der Waals surface area (Å²) in [5.41, 5.74) is -0.447. The Hall–Kier alpha value is -1.22. The third kappa shape index (κ3) is 1.69. The maximum atomic E-state index is 14.2. The van der Waals surface area contributed by atoms with Crippen LogP contribution < -0.4 is 5.30 Å². The second-order valence-corrected chi connectivity index (χ2v) is 8.40. The van der Waals surface area contributed by atoms with E-state index in [9.17, 15) is 19.1 Å². The number of benzene rings is 1. The van der Waals surface area contributed by atoms with Crippen molar-refractivity contribution >= 4 is 18.1 Å². The van der Waals surface area contributed by atoms with Gasteiger partial charge in [-0.2, -0.15) is 4.39 Å². The van der Waals surface area contributed by atoms with Crippen LogP contribution in [-0.4, -0.2) is 16.2 Å². The molecule has 0 heterocycles. The predicted octanol–water partition coefficient (Wildman–Crippen LogP) is 3.05. The smallest absolute Gasteiger partial charge is 0.305 e. The van der Waals surface area contributed by atoms with E-state index in [2.05, 4.69) is 0 Å². The van der Waals surface area contributed by atoms with Crippen LogP contribution in [0.2, 0.25) is 0 Å². The average molecular weight is 269 g/mol. The normalized spacial score (nSPS) is 19.8. The Balaban J connectivity index is 2.13. The lowest BCUT2D eigenvalue weighted by atomic mass is 10.3. The van der Waals surface area contributed by atoms with E-state index in [1.165, 1.54) is 12.1 Å². The average Bonchev–Trinajstić information content (AvgIpc) is 3.18. The molecule has 0 N–H and O–H groups in total. The van der Waals surface area contributed by atoms with Gasteiger partial charge >= 0.3 is 5.69 Å². The zero-order chi connectivity index (χ0) is 12.9. The molecule has 3 rings (SSSR count). The Kier molecular flexibility index (Phi) is 2.56. The lowest BCUT2D eigenvalue weighted by molar-refractivity contribution is -0.387. The van der Waals surface area contributed by atoms with Crippen LogP contribution in [0.1, 0.15) is 25.7 Å². The molecule has 4 nitrogen and oxygen atoms in total. The van der Waals surface area contributed by atoms with Crippen molar-refractivity contribution in [3.05, 3.63) is 34.1 Å². The molecular weight excluding hydrogens is 256 g/mol. The van der Waals surface area contributed by atoms with Gasteiger partial charge in [0, 0.05) is 17.4 Å². The maximum absolute atomic E-state index is 14.2. The van der Waals surface area contributed by atoms with E-state index in [0.717, 1.165) is 31.7 Å². The number of hydrogen-bond donors (Lipinski definition) is 0. The topological polar surface area (TPSA) is 60.2 Å². The Morgan fingerprint density at radius 3 is 2.22 bits per heavy atom. The first-order valence-electron chi connectivity index (χ1n) is 6.08. The molecule has 2 fully saturated rings. The van der Waals surface area contributed by atoms with E-state index >= 15 is 0 Å². The largest absolute Gasteiger partial charge is 0.318 e. The molecule has 0 unspecified atom stereocenters. The SMILES string of the molecule is O=[N+]([O-])c1cccc(P(=O)(C2CC2)C2CC2)c1F. The van der Waals surface area contributed by atoms with Crippen molar-refractivity contribution < 1.29 is 13.9 Å². The van der Waals surface area contributed by atoms with E-state index in [1.54, 1.807) is 0 Å². The number of hydrogen-bond acceptors (Lipinski definition) is 3. The van der Waals surface area contributed by atoms with Crippen molar-refractivity contribution in [1.29, 1.82) is 0 Å². The second kappa shape index (κ2) is 3.89. The van der Waals surface area contributed by atoms with Crippen LogP contribution >= 0.6 is 7.14 Å². The minimum atomic E-state index is -2.78. The summed E-state index contributed by atoms with van der Waals surface area (Å²) in [4.78, 5) is 10.0. The lowest BCUT2D eigenvalue weighted by Gasteiger charge is -2.18. The Bertz CT molecular complexity index is 550. The van der Waals surface area contributed by atoms with Gasteiger partial charge < -0.3 is 4.57 Å². The van der Waals surface area contributed by atoms with Crippen LogP contribution in [0.25, 0.3) is 0 Å². The van der Waals surface area contributed by atoms with Gasteiger partial charge in [-0.15, -0.1) is 0 Å². The van der Waals surface area contributed by atoms with Crippen LogP contribution in [0.4, 0.5) is 10.1 Å². The summed E-state index contributed by atoms with van der Waals surface area (Å²) in [7, 11) is -2.78. The fraction of sp³-hybridized carbons (Fsp3) is 0.500. The van der Waals surface area contributed by atoms with Crippen molar-refractivity contribution in [1.82, 2.24) is 0 Å². The van der Waals surface area contributed by atoms with E-state index in [0.29, 0.717) is 0 Å². The number of nitro groups is 1. The van der Waals surface area contributed by atoms with E-state index in [1.807, 2.05) is 0 Å². The van der Waals surface area contributed by atoms with Crippen molar-refractivity contribution in [2.24, 2.45) is 0 Å². The molecule has 0 aliphatic heterocycles. The molecule has 0 radical (unpaired) electrons. The van der Waals surface area contributed by atoms with Crippen molar-refractivity contribution in [2.75, 3.05) is 0 Å². The third-order valence-corrected chi connectivity index (χ3v) is 8.01. The molecular formula is C12H13FNO3P. The third-order valence-electron chi connectivity index (χ3n) is 3.71. The molecule has 1 aromatic carbocycles. The minimum absolute atomic E-state index is 0.0569. The molecule has 2 aliphatic carbocycles. The number of nitrogens with zero attached hydrogens (tertiary/aromatic N) is 1. The van der Waals surface area contributed by atoms with Gasteiger partial charge in [0.2, 0.25) is 5.82 Å². The van der Waals surface area contributed by atoms with Crippen LogP contribution in [0.15, 0.2) is 18.2 Å². The first-order chi connectivity index (χ1) is 8.55. The van der Waals surface area contributed by atoms with Gasteiger partial charge in [-0.05, 0) is 31.7 Å². The minimum Gasteiger partial charge on any atom is -0.318 e. The number of rotatable bonds is 4. The summed E-state index contributed by atoms with van der Waals surface area (Å²) in [5.74, 6) is -0.885. The lowest BCUT2D eigenvalue weighted by Crippen LogP contribution is -2.17. The van der Waals surface area contributed by atoms with Gasteiger partial charge in [0.25, 0.3) is 0 Å². The fourth-order valence-corrected chi connectivity index (χ4v) is 6.48. The molecule has 2 saturated carbocycles. The first kappa shape index (κ1) is 11.8. The molecule has 0 saturated heterocycles. The summed E-state index contributed by atoms with van der Waals surface area (Å²) in [6.45, 7) is 0. The highest BCUT2D eigenvalue weighted by Crippen LogP contribution is 2.69. The summed E-state index contributed by atoms with van der Waals surface area (Å²) in [6, 6.07) is 4.04. The van der Waals surface area contributed by atoms with Crippen LogP contribution in [0.5, 0.6) is 0 Å². The molecule has 0 aromatic heterocycles. The Labute approximate surface area is 104 Å². The van der Waals surface area contributed by atoms with Gasteiger partial charge in [-0.1, -0.05) is 6.07 Å². The molecule has 0 atom stereocenters. The summed E-state index contributed by atoms with van der Waals surface area (Å²) >= 11 is 0. The maximum Gasteiger partial charge on any atom is 0.305 e. The van der Waals surface area contributed by atoms with Gasteiger partial charge in [0.05, 0.1) is 10.2 Å². The standard InChI is InChI=1S/C12H13FNO3P/c13-12-10(14(15)16)2-1-3-11(12)18(17,8-4-5-8)9-6-7-9/h1-3,8-9H,4-7H2. The van der Waals surface area contributed by atoms with Crippen LogP contribution in [0.3, 0.4) is 0 Å². The van der Waals surface area contributed by atoms with E-state index in [-0.39, 0.29) is 16.6 Å². The zero-order valence-corrected chi connectivity index (χ0v) is 10.6. The highest BCUT2D eigenvalue weighted by molar-refractivity contribution is 7.73. The molecule has 0 bridgehead atoms. The summed E-state index contributed by atoms with van der Waals surface area (Å²) < 4.78 is 27.3. The van der Waals surface area contributed by atoms with Crippen LogP contribution in [-0.2, 0) is 4.57 Å². The summed E-state index contributed by atoms with van der Waals surface area (Å²) in [6.07, 6.45) is 3.43. The Morgan fingerprint density at radius 1 is 1.22 bits per heavy atom. The molecule has 6 heteroatoms. The molecule has 96 valence electrons. The number of nitro benzene ring substituents is 1. The molecule has 2 aliphatic rings. The van der Waals surface area contributed by atoms with Crippen molar-refractivity contribution in [3.8, 4) is 0 Å². The van der Waals surface area contributed by atoms with E-state index < -0.39 is 23.6 Å². The number of halogens is 1. The van der Waals surface area contributed by atoms with Crippen molar-refractivity contribution in [3.63, 3.8) is 0 Å². The molecule has 0 amide bonds.